The van der Waals surface area contributed by atoms with Crippen LogP contribution in [0.15, 0.2) is 24.5 Å². The Hall–Kier alpha value is -1.96. The summed E-state index contributed by atoms with van der Waals surface area (Å²) in [6.07, 6.45) is -2.02. The van der Waals surface area contributed by atoms with Gasteiger partial charge in [-0.15, -0.1) is 11.3 Å². The van der Waals surface area contributed by atoms with Crippen molar-refractivity contribution in [2.75, 3.05) is 0 Å². The molecular weight excluding hydrogens is 303 g/mol. The van der Waals surface area contributed by atoms with E-state index in [2.05, 4.69) is 15.3 Å². The molecule has 0 unspecified atom stereocenters. The van der Waals surface area contributed by atoms with Crippen molar-refractivity contribution < 1.29 is 18.0 Å². The van der Waals surface area contributed by atoms with Crippen molar-refractivity contribution in [3.05, 3.63) is 45.7 Å². The fourth-order valence-corrected chi connectivity index (χ4v) is 2.50. The molecule has 0 aromatic carbocycles. The lowest BCUT2D eigenvalue weighted by molar-refractivity contribution is -0.141. The first-order chi connectivity index (χ1) is 9.79. The van der Waals surface area contributed by atoms with Crippen LogP contribution in [0.4, 0.5) is 13.2 Å². The van der Waals surface area contributed by atoms with Crippen molar-refractivity contribution in [2.45, 2.75) is 26.1 Å². The van der Waals surface area contributed by atoms with Gasteiger partial charge in [0.15, 0.2) is 5.69 Å². The van der Waals surface area contributed by atoms with E-state index in [4.69, 9.17) is 0 Å². The summed E-state index contributed by atoms with van der Waals surface area (Å²) < 4.78 is 38.5. The van der Waals surface area contributed by atoms with Crippen LogP contribution in [-0.4, -0.2) is 15.9 Å². The molecule has 0 radical (unpaired) electrons. The Labute approximate surface area is 123 Å². The van der Waals surface area contributed by atoms with Crippen molar-refractivity contribution >= 4 is 17.2 Å². The van der Waals surface area contributed by atoms with Crippen LogP contribution in [0.3, 0.4) is 0 Å². The number of pyridine rings is 1. The number of hydrogen-bond acceptors (Lipinski definition) is 4. The molecule has 1 N–H and O–H groups in total. The van der Waals surface area contributed by atoms with Gasteiger partial charge < -0.3 is 5.32 Å². The van der Waals surface area contributed by atoms with Crippen LogP contribution in [0.2, 0.25) is 0 Å². The third kappa shape index (κ3) is 3.57. The number of alkyl halides is 3. The molecule has 0 saturated carbocycles. The van der Waals surface area contributed by atoms with Crippen molar-refractivity contribution in [3.63, 3.8) is 0 Å². The lowest BCUT2D eigenvalue weighted by Crippen LogP contribution is -2.29. The number of aromatic nitrogens is 2. The molecule has 1 atom stereocenters. The third-order valence-electron chi connectivity index (χ3n) is 2.68. The van der Waals surface area contributed by atoms with Gasteiger partial charge in [-0.2, -0.15) is 13.2 Å². The van der Waals surface area contributed by atoms with E-state index in [-0.39, 0.29) is 0 Å². The third-order valence-corrected chi connectivity index (χ3v) is 3.77. The SMILES string of the molecule is Cc1cnc([C@H](C)NC(=O)c2cccnc2C(F)(F)F)s1. The highest BCUT2D eigenvalue weighted by Gasteiger charge is 2.37. The summed E-state index contributed by atoms with van der Waals surface area (Å²) in [4.78, 5) is 20.3. The zero-order valence-electron chi connectivity index (χ0n) is 11.2. The average Bonchev–Trinajstić information content (AvgIpc) is 2.84. The van der Waals surface area contributed by atoms with Crippen molar-refractivity contribution in [1.82, 2.24) is 15.3 Å². The Balaban J connectivity index is 2.21. The Kier molecular flexibility index (Phi) is 4.26. The number of rotatable bonds is 3. The molecule has 0 aliphatic heterocycles. The maximum atomic E-state index is 12.8. The molecule has 21 heavy (non-hydrogen) atoms. The number of thiazole rings is 1. The Morgan fingerprint density at radius 2 is 2.10 bits per heavy atom. The van der Waals surface area contributed by atoms with E-state index in [0.29, 0.717) is 5.01 Å². The van der Waals surface area contributed by atoms with E-state index in [1.807, 2.05) is 6.92 Å². The molecule has 112 valence electrons. The summed E-state index contributed by atoms with van der Waals surface area (Å²) in [6, 6.07) is 1.92. The molecule has 1 amide bonds. The molecule has 2 aromatic rings. The second kappa shape index (κ2) is 5.80. The number of nitrogens with zero attached hydrogens (tertiary/aromatic N) is 2. The monoisotopic (exact) mass is 315 g/mol. The highest BCUT2D eigenvalue weighted by atomic mass is 32.1. The second-order valence-electron chi connectivity index (χ2n) is 4.40. The molecule has 2 aromatic heterocycles. The van der Waals surface area contributed by atoms with Crippen LogP contribution >= 0.6 is 11.3 Å². The van der Waals surface area contributed by atoms with Gasteiger partial charge in [0.2, 0.25) is 0 Å². The van der Waals surface area contributed by atoms with Crippen LogP contribution in [0, 0.1) is 6.92 Å². The number of carbonyl (C=O) groups excluding carboxylic acids is 1. The van der Waals surface area contributed by atoms with Gasteiger partial charge >= 0.3 is 6.18 Å². The average molecular weight is 315 g/mol. The van der Waals surface area contributed by atoms with Gasteiger partial charge in [-0.05, 0) is 26.0 Å². The highest BCUT2D eigenvalue weighted by molar-refractivity contribution is 7.11. The predicted octanol–water partition coefficient (Wildman–Crippen LogP) is 3.36. The summed E-state index contributed by atoms with van der Waals surface area (Å²) >= 11 is 1.38. The Bertz CT molecular complexity index is 654. The number of aryl methyl sites for hydroxylation is 1. The van der Waals surface area contributed by atoms with Gasteiger partial charge in [0.05, 0.1) is 11.6 Å². The van der Waals surface area contributed by atoms with Gasteiger partial charge in [0.1, 0.15) is 5.01 Å². The number of carbonyl (C=O) groups is 1. The molecule has 0 aliphatic rings. The van der Waals surface area contributed by atoms with E-state index in [1.54, 1.807) is 13.1 Å². The maximum Gasteiger partial charge on any atom is 0.434 e. The zero-order chi connectivity index (χ0) is 15.6. The minimum atomic E-state index is -4.67. The molecule has 2 heterocycles. The van der Waals surface area contributed by atoms with Crippen LogP contribution in [0.5, 0.6) is 0 Å². The van der Waals surface area contributed by atoms with Crippen molar-refractivity contribution in [3.8, 4) is 0 Å². The van der Waals surface area contributed by atoms with Gasteiger partial charge in [0, 0.05) is 17.3 Å². The maximum absolute atomic E-state index is 12.8. The molecule has 4 nitrogen and oxygen atoms in total. The molecule has 0 saturated heterocycles. The molecule has 0 bridgehead atoms. The van der Waals surface area contributed by atoms with Crippen LogP contribution in [0.1, 0.15) is 38.9 Å². The van der Waals surface area contributed by atoms with Crippen LogP contribution in [-0.2, 0) is 6.18 Å². The summed E-state index contributed by atoms with van der Waals surface area (Å²) in [5.41, 5.74) is -1.69. The fraction of sp³-hybridized carbons (Fsp3) is 0.308. The fourth-order valence-electron chi connectivity index (χ4n) is 1.72. The van der Waals surface area contributed by atoms with E-state index >= 15 is 0 Å². The number of halogens is 3. The number of hydrogen-bond donors (Lipinski definition) is 1. The largest absolute Gasteiger partial charge is 0.434 e. The molecule has 8 heteroatoms. The number of nitrogens with one attached hydrogen (secondary N) is 1. The predicted molar refractivity (Wildman–Crippen MR) is 72.0 cm³/mol. The van der Waals surface area contributed by atoms with Gasteiger partial charge in [-0.1, -0.05) is 0 Å². The topological polar surface area (TPSA) is 54.9 Å². The van der Waals surface area contributed by atoms with Gasteiger partial charge in [-0.25, -0.2) is 4.98 Å². The highest BCUT2D eigenvalue weighted by Crippen LogP contribution is 2.30. The van der Waals surface area contributed by atoms with Gasteiger partial charge in [-0.3, -0.25) is 9.78 Å². The van der Waals surface area contributed by atoms with Crippen molar-refractivity contribution in [1.29, 1.82) is 0 Å². The van der Waals surface area contributed by atoms with E-state index in [1.165, 1.54) is 17.4 Å². The summed E-state index contributed by atoms with van der Waals surface area (Å²) in [5, 5.41) is 3.14. The summed E-state index contributed by atoms with van der Waals surface area (Å²) in [5.74, 6) is -0.823. The first kappa shape index (κ1) is 15.4. The first-order valence-electron chi connectivity index (χ1n) is 6.04. The molecule has 0 spiro atoms. The summed E-state index contributed by atoms with van der Waals surface area (Å²) in [6.45, 7) is 3.53. The molecular formula is C13H12F3N3OS. The normalized spacial score (nSPS) is 13.0. The first-order valence-corrected chi connectivity index (χ1v) is 6.86. The van der Waals surface area contributed by atoms with Crippen LogP contribution < -0.4 is 5.32 Å². The van der Waals surface area contributed by atoms with Gasteiger partial charge in [0.25, 0.3) is 5.91 Å². The van der Waals surface area contributed by atoms with Crippen molar-refractivity contribution in [2.24, 2.45) is 0 Å². The minimum Gasteiger partial charge on any atom is -0.343 e. The smallest absolute Gasteiger partial charge is 0.343 e. The molecule has 0 fully saturated rings. The standard InChI is InChI=1S/C13H12F3N3OS/c1-7-6-18-12(21-7)8(2)19-11(20)9-4-3-5-17-10(9)13(14,15)16/h3-6,8H,1-2H3,(H,19,20)/t8-/m0/s1. The second-order valence-corrected chi connectivity index (χ2v) is 5.67. The zero-order valence-corrected chi connectivity index (χ0v) is 12.0. The van der Waals surface area contributed by atoms with E-state index in [9.17, 15) is 18.0 Å². The number of amides is 1. The minimum absolute atomic E-state index is 0.475. The summed E-state index contributed by atoms with van der Waals surface area (Å²) in [7, 11) is 0. The Morgan fingerprint density at radius 3 is 2.67 bits per heavy atom. The lowest BCUT2D eigenvalue weighted by Gasteiger charge is -2.14. The Morgan fingerprint density at radius 1 is 1.38 bits per heavy atom. The van der Waals surface area contributed by atoms with E-state index < -0.39 is 29.4 Å². The van der Waals surface area contributed by atoms with E-state index in [0.717, 1.165) is 17.1 Å². The lowest BCUT2D eigenvalue weighted by atomic mass is 10.1. The quantitative estimate of drug-likeness (QED) is 0.945. The van der Waals surface area contributed by atoms with Crippen LogP contribution in [0.25, 0.3) is 0 Å². The molecule has 0 aliphatic carbocycles. The molecule has 2 rings (SSSR count).